The summed E-state index contributed by atoms with van der Waals surface area (Å²) in [4.78, 5) is 27.5. The summed E-state index contributed by atoms with van der Waals surface area (Å²) in [5.41, 5.74) is 1.46. The minimum atomic E-state index is -0.984. The van der Waals surface area contributed by atoms with Crippen LogP contribution < -0.4 is 5.32 Å². The van der Waals surface area contributed by atoms with Crippen molar-refractivity contribution in [2.45, 2.75) is 33.2 Å². The van der Waals surface area contributed by atoms with E-state index in [1.54, 1.807) is 18.2 Å². The highest BCUT2D eigenvalue weighted by atomic mass is 16.4. The first kappa shape index (κ1) is 15.0. The van der Waals surface area contributed by atoms with Gasteiger partial charge in [-0.15, -0.1) is 0 Å². The monoisotopic (exact) mass is 289 g/mol. The molecule has 1 heterocycles. The largest absolute Gasteiger partial charge is 0.478 e. The summed E-state index contributed by atoms with van der Waals surface area (Å²) >= 11 is 0. The summed E-state index contributed by atoms with van der Waals surface area (Å²) in [5, 5.41) is 12.1. The number of carbonyl (C=O) groups is 2. The number of rotatable bonds is 6. The van der Waals surface area contributed by atoms with Gasteiger partial charge in [-0.1, -0.05) is 13.0 Å². The fourth-order valence-corrected chi connectivity index (χ4v) is 2.42. The normalized spacial score (nSPS) is 10.8. The first-order valence-electron chi connectivity index (χ1n) is 7.06. The van der Waals surface area contributed by atoms with Crippen LogP contribution in [0.15, 0.2) is 18.2 Å². The minimum absolute atomic E-state index is 0.0470. The Labute approximate surface area is 122 Å². The van der Waals surface area contributed by atoms with Crippen LogP contribution in [-0.4, -0.2) is 33.1 Å². The SMILES string of the molecule is CCNC(=O)CCn1c(CC)nc2cccc(C(=O)O)c21. The van der Waals surface area contributed by atoms with Gasteiger partial charge in [-0.2, -0.15) is 0 Å². The quantitative estimate of drug-likeness (QED) is 0.849. The van der Waals surface area contributed by atoms with E-state index in [0.717, 1.165) is 5.82 Å². The molecule has 6 nitrogen and oxygen atoms in total. The number of nitrogens with zero attached hydrogens (tertiary/aromatic N) is 2. The van der Waals surface area contributed by atoms with Gasteiger partial charge >= 0.3 is 5.97 Å². The molecule has 0 spiro atoms. The second kappa shape index (κ2) is 6.39. The van der Waals surface area contributed by atoms with E-state index in [1.807, 2.05) is 18.4 Å². The molecule has 1 aromatic heterocycles. The number of aryl methyl sites for hydroxylation is 2. The lowest BCUT2D eigenvalue weighted by molar-refractivity contribution is -0.121. The van der Waals surface area contributed by atoms with Crippen molar-refractivity contribution >= 4 is 22.9 Å². The van der Waals surface area contributed by atoms with Crippen LogP contribution in [0, 0.1) is 0 Å². The molecule has 2 aromatic rings. The summed E-state index contributed by atoms with van der Waals surface area (Å²) in [7, 11) is 0. The second-order valence-electron chi connectivity index (χ2n) is 4.72. The molecule has 0 aliphatic carbocycles. The van der Waals surface area contributed by atoms with E-state index < -0.39 is 5.97 Å². The van der Waals surface area contributed by atoms with E-state index in [9.17, 15) is 14.7 Å². The molecule has 6 heteroatoms. The molecule has 1 aromatic carbocycles. The Morgan fingerprint density at radius 1 is 1.33 bits per heavy atom. The number of hydrogen-bond donors (Lipinski definition) is 2. The third-order valence-corrected chi connectivity index (χ3v) is 3.33. The average molecular weight is 289 g/mol. The van der Waals surface area contributed by atoms with Gasteiger partial charge in [0.25, 0.3) is 0 Å². The maximum Gasteiger partial charge on any atom is 0.337 e. The Morgan fingerprint density at radius 3 is 2.71 bits per heavy atom. The van der Waals surface area contributed by atoms with E-state index in [-0.39, 0.29) is 11.5 Å². The molecule has 0 aliphatic heterocycles. The van der Waals surface area contributed by atoms with Crippen LogP contribution in [0.25, 0.3) is 11.0 Å². The Kier molecular flexibility index (Phi) is 4.57. The molecular formula is C15H19N3O3. The van der Waals surface area contributed by atoms with Crippen molar-refractivity contribution in [1.82, 2.24) is 14.9 Å². The second-order valence-corrected chi connectivity index (χ2v) is 4.72. The Balaban J connectivity index is 2.44. The fourth-order valence-electron chi connectivity index (χ4n) is 2.42. The molecule has 0 radical (unpaired) electrons. The van der Waals surface area contributed by atoms with Crippen molar-refractivity contribution in [2.75, 3.05) is 6.54 Å². The van der Waals surface area contributed by atoms with Crippen molar-refractivity contribution in [3.05, 3.63) is 29.6 Å². The van der Waals surface area contributed by atoms with Gasteiger partial charge in [0.15, 0.2) is 0 Å². The van der Waals surface area contributed by atoms with E-state index in [1.165, 1.54) is 0 Å². The highest BCUT2D eigenvalue weighted by Gasteiger charge is 2.17. The van der Waals surface area contributed by atoms with Crippen molar-refractivity contribution in [3.8, 4) is 0 Å². The third-order valence-electron chi connectivity index (χ3n) is 3.33. The fraction of sp³-hybridized carbons (Fsp3) is 0.400. The number of para-hydroxylation sites is 1. The summed E-state index contributed by atoms with van der Waals surface area (Å²) in [6, 6.07) is 5.05. The number of benzene rings is 1. The number of aromatic nitrogens is 2. The Hall–Kier alpha value is -2.37. The van der Waals surface area contributed by atoms with Crippen LogP contribution in [0.3, 0.4) is 0 Å². The molecule has 2 rings (SSSR count). The predicted octanol–water partition coefficient (Wildman–Crippen LogP) is 1.82. The van der Waals surface area contributed by atoms with Crippen LogP contribution in [0.4, 0.5) is 0 Å². The molecule has 0 saturated carbocycles. The van der Waals surface area contributed by atoms with Crippen molar-refractivity contribution in [1.29, 1.82) is 0 Å². The van der Waals surface area contributed by atoms with Gasteiger partial charge in [0.2, 0.25) is 5.91 Å². The summed E-state index contributed by atoms with van der Waals surface area (Å²) in [5.74, 6) is -0.236. The standard InChI is InChI=1S/C15H19N3O3/c1-3-12-17-11-7-5-6-10(15(20)21)14(11)18(12)9-8-13(19)16-4-2/h5-7H,3-4,8-9H2,1-2H3,(H,16,19)(H,20,21). The number of hydrogen-bond acceptors (Lipinski definition) is 3. The highest BCUT2D eigenvalue weighted by Crippen LogP contribution is 2.21. The van der Waals surface area contributed by atoms with Gasteiger partial charge in [-0.25, -0.2) is 9.78 Å². The predicted molar refractivity (Wildman–Crippen MR) is 79.4 cm³/mol. The summed E-state index contributed by atoms with van der Waals surface area (Å²) in [6.45, 7) is 4.84. The maximum absolute atomic E-state index is 11.6. The van der Waals surface area contributed by atoms with E-state index in [2.05, 4.69) is 10.3 Å². The first-order valence-corrected chi connectivity index (χ1v) is 7.06. The molecule has 0 fully saturated rings. The van der Waals surface area contributed by atoms with Gasteiger partial charge in [0.05, 0.1) is 16.6 Å². The van der Waals surface area contributed by atoms with E-state index in [0.29, 0.717) is 37.0 Å². The zero-order valence-corrected chi connectivity index (χ0v) is 12.2. The number of imidazole rings is 1. The van der Waals surface area contributed by atoms with Crippen molar-refractivity contribution in [3.63, 3.8) is 0 Å². The van der Waals surface area contributed by atoms with Crippen LogP contribution in [0.1, 0.15) is 36.5 Å². The lowest BCUT2D eigenvalue weighted by atomic mass is 10.2. The number of carbonyl (C=O) groups excluding carboxylic acids is 1. The van der Waals surface area contributed by atoms with Crippen LogP contribution >= 0.6 is 0 Å². The average Bonchev–Trinajstić information content (AvgIpc) is 2.82. The zero-order valence-electron chi connectivity index (χ0n) is 12.2. The molecule has 0 atom stereocenters. The molecule has 0 aliphatic rings. The number of aromatic carboxylic acids is 1. The lowest BCUT2D eigenvalue weighted by Crippen LogP contribution is -2.24. The highest BCUT2D eigenvalue weighted by molar-refractivity contribution is 6.01. The smallest absolute Gasteiger partial charge is 0.337 e. The number of fused-ring (bicyclic) bond motifs is 1. The Morgan fingerprint density at radius 2 is 2.10 bits per heavy atom. The number of carboxylic acids is 1. The van der Waals surface area contributed by atoms with Crippen molar-refractivity contribution < 1.29 is 14.7 Å². The Bertz CT molecular complexity index is 676. The molecule has 1 amide bonds. The van der Waals surface area contributed by atoms with Gasteiger partial charge in [-0.05, 0) is 19.1 Å². The van der Waals surface area contributed by atoms with Gasteiger partial charge < -0.3 is 15.0 Å². The van der Waals surface area contributed by atoms with Crippen molar-refractivity contribution in [2.24, 2.45) is 0 Å². The molecule has 112 valence electrons. The summed E-state index contributed by atoms with van der Waals surface area (Å²) < 4.78 is 1.84. The number of carboxylic acid groups (broad SMARTS) is 1. The molecule has 21 heavy (non-hydrogen) atoms. The van der Waals surface area contributed by atoms with E-state index >= 15 is 0 Å². The zero-order chi connectivity index (χ0) is 15.4. The third kappa shape index (κ3) is 3.04. The lowest BCUT2D eigenvalue weighted by Gasteiger charge is -2.09. The maximum atomic E-state index is 11.6. The number of amides is 1. The van der Waals surface area contributed by atoms with Gasteiger partial charge in [0.1, 0.15) is 5.82 Å². The molecule has 0 unspecified atom stereocenters. The van der Waals surface area contributed by atoms with Crippen LogP contribution in [0.5, 0.6) is 0 Å². The molecule has 0 saturated heterocycles. The van der Waals surface area contributed by atoms with Crippen LogP contribution in [0.2, 0.25) is 0 Å². The summed E-state index contributed by atoms with van der Waals surface area (Å²) in [6.07, 6.45) is 0.989. The first-order chi connectivity index (χ1) is 10.1. The van der Waals surface area contributed by atoms with Crippen LogP contribution in [-0.2, 0) is 17.8 Å². The topological polar surface area (TPSA) is 84.2 Å². The molecule has 0 bridgehead atoms. The van der Waals surface area contributed by atoms with Gasteiger partial charge in [-0.3, -0.25) is 4.79 Å². The van der Waals surface area contributed by atoms with Gasteiger partial charge in [0, 0.05) is 25.9 Å². The number of nitrogens with one attached hydrogen (secondary N) is 1. The minimum Gasteiger partial charge on any atom is -0.478 e. The molecule has 2 N–H and O–H groups in total. The molecular weight excluding hydrogens is 270 g/mol. The van der Waals surface area contributed by atoms with E-state index in [4.69, 9.17) is 0 Å².